The first kappa shape index (κ1) is 16.5. The van der Waals surface area contributed by atoms with Gasteiger partial charge in [-0.2, -0.15) is 4.31 Å². The molecule has 1 aliphatic rings. The van der Waals surface area contributed by atoms with E-state index in [1.165, 1.54) is 22.6 Å². The van der Waals surface area contributed by atoms with Crippen molar-refractivity contribution in [3.63, 3.8) is 0 Å². The van der Waals surface area contributed by atoms with Gasteiger partial charge in [0.2, 0.25) is 0 Å². The lowest BCUT2D eigenvalue weighted by molar-refractivity contribution is 0.196. The molecule has 0 radical (unpaired) electrons. The predicted molar refractivity (Wildman–Crippen MR) is 88.4 cm³/mol. The van der Waals surface area contributed by atoms with E-state index in [0.29, 0.717) is 23.7 Å². The average Bonchev–Trinajstić information content (AvgIpc) is 3.06. The normalized spacial score (nSPS) is 17.5. The van der Waals surface area contributed by atoms with Crippen molar-refractivity contribution in [2.75, 3.05) is 32.7 Å². The van der Waals surface area contributed by atoms with Gasteiger partial charge in [-0.3, -0.25) is 0 Å². The lowest BCUT2D eigenvalue weighted by Crippen LogP contribution is -2.48. The molecule has 1 aromatic carbocycles. The number of thiazole rings is 1. The van der Waals surface area contributed by atoms with Gasteiger partial charge in [0.15, 0.2) is 4.21 Å². The van der Waals surface area contributed by atoms with Crippen LogP contribution in [0.25, 0.3) is 10.6 Å². The molecule has 2 aromatic rings. The molecule has 0 amide bonds. The number of sulfonamides is 1. The van der Waals surface area contributed by atoms with Crippen LogP contribution in [-0.2, 0) is 10.0 Å². The van der Waals surface area contributed by atoms with Crippen LogP contribution >= 0.6 is 11.3 Å². The Hall–Kier alpha value is -1.35. The molecule has 0 atom stereocenters. The Bertz CT molecular complexity index is 766. The van der Waals surface area contributed by atoms with Gasteiger partial charge in [0, 0.05) is 31.7 Å². The van der Waals surface area contributed by atoms with Gasteiger partial charge in [-0.1, -0.05) is 6.92 Å². The molecule has 0 aliphatic carbocycles. The van der Waals surface area contributed by atoms with Crippen LogP contribution < -0.4 is 0 Å². The zero-order valence-corrected chi connectivity index (χ0v) is 14.4. The van der Waals surface area contributed by atoms with Crippen molar-refractivity contribution in [3.05, 3.63) is 36.3 Å². The van der Waals surface area contributed by atoms with Crippen molar-refractivity contribution in [2.24, 2.45) is 0 Å². The lowest BCUT2D eigenvalue weighted by Gasteiger charge is -2.32. The van der Waals surface area contributed by atoms with Crippen LogP contribution in [-0.4, -0.2) is 55.3 Å². The van der Waals surface area contributed by atoms with E-state index in [-0.39, 0.29) is 10.0 Å². The Morgan fingerprint density at radius 2 is 1.83 bits per heavy atom. The van der Waals surface area contributed by atoms with Crippen LogP contribution in [0.15, 0.2) is 34.7 Å². The summed E-state index contributed by atoms with van der Waals surface area (Å²) in [4.78, 5) is 6.41. The van der Waals surface area contributed by atoms with E-state index < -0.39 is 10.0 Å². The van der Waals surface area contributed by atoms with Crippen molar-refractivity contribution in [3.8, 4) is 10.6 Å². The summed E-state index contributed by atoms with van der Waals surface area (Å²) in [6.07, 6.45) is 1.39. The lowest BCUT2D eigenvalue weighted by atomic mass is 10.2. The summed E-state index contributed by atoms with van der Waals surface area (Å²) in [7, 11) is -3.50. The molecule has 5 nitrogen and oxygen atoms in total. The maximum Gasteiger partial charge on any atom is 0.254 e. The molecule has 1 aliphatic heterocycles. The second kappa shape index (κ2) is 6.64. The molecule has 3 rings (SSSR count). The molecule has 0 saturated carbocycles. The van der Waals surface area contributed by atoms with Crippen molar-refractivity contribution >= 4 is 21.4 Å². The van der Waals surface area contributed by atoms with E-state index >= 15 is 0 Å². The summed E-state index contributed by atoms with van der Waals surface area (Å²) in [5.74, 6) is -0.327. The Labute approximate surface area is 139 Å². The molecular formula is C15H18FN3O2S2. The first-order valence-corrected chi connectivity index (χ1v) is 9.70. The van der Waals surface area contributed by atoms with E-state index in [0.717, 1.165) is 31.0 Å². The maximum absolute atomic E-state index is 13.0. The summed E-state index contributed by atoms with van der Waals surface area (Å²) in [6.45, 7) is 5.50. The fourth-order valence-electron chi connectivity index (χ4n) is 2.52. The average molecular weight is 355 g/mol. The number of hydrogen-bond acceptors (Lipinski definition) is 5. The highest BCUT2D eigenvalue weighted by atomic mass is 32.2. The highest BCUT2D eigenvalue weighted by Gasteiger charge is 2.29. The van der Waals surface area contributed by atoms with E-state index in [9.17, 15) is 12.8 Å². The molecule has 1 fully saturated rings. The highest BCUT2D eigenvalue weighted by Crippen LogP contribution is 2.30. The van der Waals surface area contributed by atoms with E-state index in [1.807, 2.05) is 0 Å². The molecule has 8 heteroatoms. The van der Waals surface area contributed by atoms with Gasteiger partial charge in [0.25, 0.3) is 10.0 Å². The highest BCUT2D eigenvalue weighted by molar-refractivity contribution is 7.91. The van der Waals surface area contributed by atoms with Crippen molar-refractivity contribution in [1.82, 2.24) is 14.2 Å². The number of piperazine rings is 1. The van der Waals surface area contributed by atoms with E-state index in [1.54, 1.807) is 12.1 Å². The Morgan fingerprint density at radius 3 is 2.43 bits per heavy atom. The number of hydrogen-bond donors (Lipinski definition) is 0. The molecule has 1 aromatic heterocycles. The summed E-state index contributed by atoms with van der Waals surface area (Å²) < 4.78 is 40.1. The molecule has 124 valence electrons. The first-order valence-electron chi connectivity index (χ1n) is 7.45. The van der Waals surface area contributed by atoms with Gasteiger partial charge < -0.3 is 4.90 Å². The Kier molecular flexibility index (Phi) is 4.77. The minimum absolute atomic E-state index is 0.238. The van der Waals surface area contributed by atoms with Crippen molar-refractivity contribution < 1.29 is 12.8 Å². The van der Waals surface area contributed by atoms with Crippen LogP contribution in [0, 0.1) is 5.82 Å². The van der Waals surface area contributed by atoms with Gasteiger partial charge in [-0.15, -0.1) is 11.3 Å². The molecular weight excluding hydrogens is 337 g/mol. The second-order valence-corrected chi connectivity index (χ2v) is 8.53. The van der Waals surface area contributed by atoms with Gasteiger partial charge in [-0.05, 0) is 30.8 Å². The standard InChI is InChI=1S/C15H18FN3O2S2/c1-2-18-7-9-19(10-8-18)23(20,21)14-11-17-15(22-14)12-3-5-13(16)6-4-12/h3-6,11H,2,7-10H2,1H3. The van der Waals surface area contributed by atoms with Crippen LogP contribution in [0.5, 0.6) is 0 Å². The third-order valence-corrected chi connectivity index (χ3v) is 7.33. The summed E-state index contributed by atoms with van der Waals surface area (Å²) in [5.41, 5.74) is 0.716. The number of rotatable bonds is 4. The Balaban J connectivity index is 1.80. The minimum Gasteiger partial charge on any atom is -0.301 e. The maximum atomic E-state index is 13.0. The van der Waals surface area contributed by atoms with Gasteiger partial charge in [0.05, 0.1) is 6.20 Å². The largest absolute Gasteiger partial charge is 0.301 e. The Morgan fingerprint density at radius 1 is 1.17 bits per heavy atom. The molecule has 23 heavy (non-hydrogen) atoms. The molecule has 1 saturated heterocycles. The molecule has 2 heterocycles. The number of likely N-dealkylation sites (N-methyl/N-ethyl adjacent to an activating group) is 1. The third kappa shape index (κ3) is 3.45. The monoisotopic (exact) mass is 355 g/mol. The van der Waals surface area contributed by atoms with E-state index in [2.05, 4.69) is 16.8 Å². The number of nitrogens with zero attached hydrogens (tertiary/aromatic N) is 3. The first-order chi connectivity index (χ1) is 11.0. The number of halogens is 1. The topological polar surface area (TPSA) is 53.5 Å². The zero-order valence-electron chi connectivity index (χ0n) is 12.8. The predicted octanol–water partition coefficient (Wildman–Crippen LogP) is 2.28. The third-order valence-electron chi connectivity index (χ3n) is 3.95. The molecule has 0 unspecified atom stereocenters. The SMILES string of the molecule is CCN1CCN(S(=O)(=O)c2cnc(-c3ccc(F)cc3)s2)CC1. The van der Waals surface area contributed by atoms with Crippen LogP contribution in [0.1, 0.15) is 6.92 Å². The van der Waals surface area contributed by atoms with Crippen LogP contribution in [0.3, 0.4) is 0 Å². The van der Waals surface area contributed by atoms with Crippen LogP contribution in [0.2, 0.25) is 0 Å². The quantitative estimate of drug-likeness (QED) is 0.844. The van der Waals surface area contributed by atoms with Crippen molar-refractivity contribution in [1.29, 1.82) is 0 Å². The van der Waals surface area contributed by atoms with Gasteiger partial charge >= 0.3 is 0 Å². The summed E-state index contributed by atoms with van der Waals surface area (Å²) >= 11 is 1.12. The van der Waals surface area contributed by atoms with Crippen molar-refractivity contribution in [2.45, 2.75) is 11.1 Å². The minimum atomic E-state index is -3.50. The molecule has 0 bridgehead atoms. The number of benzene rings is 1. The molecule has 0 N–H and O–H groups in total. The van der Waals surface area contributed by atoms with Crippen LogP contribution in [0.4, 0.5) is 4.39 Å². The van der Waals surface area contributed by atoms with Gasteiger partial charge in [-0.25, -0.2) is 17.8 Å². The smallest absolute Gasteiger partial charge is 0.254 e. The summed E-state index contributed by atoms with van der Waals surface area (Å²) in [6, 6.07) is 5.89. The summed E-state index contributed by atoms with van der Waals surface area (Å²) in [5, 5.41) is 0.579. The fraction of sp³-hybridized carbons (Fsp3) is 0.400. The van der Waals surface area contributed by atoms with Gasteiger partial charge in [0.1, 0.15) is 10.8 Å². The number of aromatic nitrogens is 1. The molecule has 0 spiro atoms. The zero-order chi connectivity index (χ0) is 16.4. The second-order valence-electron chi connectivity index (χ2n) is 5.33. The fourth-order valence-corrected chi connectivity index (χ4v) is 5.23. The van der Waals surface area contributed by atoms with E-state index in [4.69, 9.17) is 0 Å².